The maximum absolute atomic E-state index is 12.6. The third kappa shape index (κ3) is 3.57. The summed E-state index contributed by atoms with van der Waals surface area (Å²) in [5, 5.41) is 20.1. The highest BCUT2D eigenvalue weighted by atomic mass is 79.9. The van der Waals surface area contributed by atoms with Crippen molar-refractivity contribution in [3.05, 3.63) is 55.8 Å². The van der Waals surface area contributed by atoms with Crippen LogP contribution in [-0.2, 0) is 11.3 Å². The van der Waals surface area contributed by atoms with Crippen molar-refractivity contribution in [2.24, 2.45) is 4.99 Å². The molecule has 0 spiro atoms. The molecule has 1 aromatic heterocycles. The zero-order valence-electron chi connectivity index (χ0n) is 14.3. The first-order valence-corrected chi connectivity index (χ1v) is 9.09. The molecule has 2 aromatic rings. The Labute approximate surface area is 159 Å². The normalized spacial score (nSPS) is 16.9. The van der Waals surface area contributed by atoms with E-state index in [-0.39, 0.29) is 24.1 Å². The molecule has 1 N–H and O–H groups in total. The molecular weight excluding hydrogens is 398 g/mol. The number of aliphatic imine (C=N–C) groups is 1. The van der Waals surface area contributed by atoms with Gasteiger partial charge in [-0.1, -0.05) is 12.1 Å². The van der Waals surface area contributed by atoms with E-state index in [0.29, 0.717) is 23.4 Å². The number of para-hydroxylation sites is 1. The molecule has 0 aliphatic carbocycles. The highest BCUT2D eigenvalue weighted by Crippen LogP contribution is 2.26. The average molecular weight is 416 g/mol. The lowest BCUT2D eigenvalue weighted by Crippen LogP contribution is -2.29. The number of halogens is 1. The van der Waals surface area contributed by atoms with Gasteiger partial charge in [-0.05, 0) is 53.4 Å². The first kappa shape index (κ1) is 18.4. The quantitative estimate of drug-likeness (QED) is 0.774. The summed E-state index contributed by atoms with van der Waals surface area (Å²) in [5.41, 5.74) is 0.955. The average Bonchev–Trinajstić information content (AvgIpc) is 3.14. The molecule has 0 saturated carbocycles. The molecule has 1 aromatic carbocycles. The van der Waals surface area contributed by atoms with Gasteiger partial charge in [-0.3, -0.25) is 14.4 Å². The second-order valence-corrected chi connectivity index (χ2v) is 6.96. The molecule has 134 valence electrons. The Morgan fingerprint density at radius 2 is 2.27 bits per heavy atom. The fourth-order valence-corrected chi connectivity index (χ4v) is 3.36. The van der Waals surface area contributed by atoms with Gasteiger partial charge in [0.05, 0.1) is 23.9 Å². The highest BCUT2D eigenvalue weighted by Gasteiger charge is 2.22. The van der Waals surface area contributed by atoms with Crippen LogP contribution in [0, 0.1) is 18.3 Å². The van der Waals surface area contributed by atoms with Gasteiger partial charge in [-0.15, -0.1) is 0 Å². The topological polar surface area (TPSA) is 87.6 Å². The number of benzene rings is 1. The van der Waals surface area contributed by atoms with Gasteiger partial charge in [-0.2, -0.15) is 5.26 Å². The van der Waals surface area contributed by atoms with E-state index >= 15 is 0 Å². The van der Waals surface area contributed by atoms with Crippen molar-refractivity contribution >= 4 is 27.8 Å². The number of hydrogen-bond acceptors (Lipinski definition) is 5. The molecule has 7 heteroatoms. The molecule has 1 aliphatic rings. The second kappa shape index (κ2) is 7.85. The van der Waals surface area contributed by atoms with Crippen LogP contribution in [0.3, 0.4) is 0 Å². The summed E-state index contributed by atoms with van der Waals surface area (Å²) < 4.78 is 7.58. The molecule has 26 heavy (non-hydrogen) atoms. The highest BCUT2D eigenvalue weighted by molar-refractivity contribution is 9.10. The van der Waals surface area contributed by atoms with Crippen molar-refractivity contribution in [1.29, 1.82) is 5.26 Å². The Morgan fingerprint density at radius 3 is 2.92 bits per heavy atom. The summed E-state index contributed by atoms with van der Waals surface area (Å²) in [7, 11) is 0. The van der Waals surface area contributed by atoms with Gasteiger partial charge in [0, 0.05) is 17.3 Å². The standard InChI is InChI=1S/C19H18BrN3O3/c1-12-14(9-21)18(24)23(11-13-5-4-8-26-13)19(25)15(12)10-22-17-7-3-2-6-16(17)20/h2-3,6-7,10,13,25H,4-5,8,11H2,1H3/t13-/m1/s1. The molecule has 0 bridgehead atoms. The Balaban J connectivity index is 2.08. The van der Waals surface area contributed by atoms with Crippen LogP contribution in [0.15, 0.2) is 38.5 Å². The van der Waals surface area contributed by atoms with Crippen LogP contribution in [0.2, 0.25) is 0 Å². The van der Waals surface area contributed by atoms with E-state index in [9.17, 15) is 15.2 Å². The van der Waals surface area contributed by atoms with Crippen molar-refractivity contribution in [1.82, 2.24) is 4.57 Å². The summed E-state index contributed by atoms with van der Waals surface area (Å²) in [6.07, 6.45) is 3.09. The smallest absolute Gasteiger partial charge is 0.271 e. The molecule has 0 radical (unpaired) electrons. The molecule has 6 nitrogen and oxygen atoms in total. The maximum Gasteiger partial charge on any atom is 0.271 e. The van der Waals surface area contributed by atoms with E-state index < -0.39 is 5.56 Å². The second-order valence-electron chi connectivity index (χ2n) is 6.11. The van der Waals surface area contributed by atoms with Gasteiger partial charge in [0.2, 0.25) is 5.88 Å². The van der Waals surface area contributed by atoms with Gasteiger partial charge in [0.1, 0.15) is 11.6 Å². The van der Waals surface area contributed by atoms with Crippen LogP contribution < -0.4 is 5.56 Å². The summed E-state index contributed by atoms with van der Waals surface area (Å²) in [6, 6.07) is 9.36. The Morgan fingerprint density at radius 1 is 1.50 bits per heavy atom. The molecular formula is C19H18BrN3O3. The van der Waals surface area contributed by atoms with Crippen molar-refractivity contribution in [3.63, 3.8) is 0 Å². The number of ether oxygens (including phenoxy) is 1. The monoisotopic (exact) mass is 415 g/mol. The lowest BCUT2D eigenvalue weighted by Gasteiger charge is -2.17. The molecule has 3 rings (SSSR count). The largest absolute Gasteiger partial charge is 0.494 e. The van der Waals surface area contributed by atoms with Crippen LogP contribution in [0.25, 0.3) is 0 Å². The molecule has 1 atom stereocenters. The maximum atomic E-state index is 12.6. The molecule has 0 unspecified atom stereocenters. The van der Waals surface area contributed by atoms with Gasteiger partial charge < -0.3 is 9.84 Å². The third-order valence-corrected chi connectivity index (χ3v) is 5.11. The number of aromatic hydroxyl groups is 1. The van der Waals surface area contributed by atoms with Crippen molar-refractivity contribution in [2.75, 3.05) is 6.61 Å². The van der Waals surface area contributed by atoms with Crippen LogP contribution in [0.4, 0.5) is 5.69 Å². The lowest BCUT2D eigenvalue weighted by atomic mass is 10.1. The van der Waals surface area contributed by atoms with Crippen molar-refractivity contribution in [2.45, 2.75) is 32.4 Å². The van der Waals surface area contributed by atoms with E-state index in [4.69, 9.17) is 4.74 Å². The number of aromatic nitrogens is 1. The molecule has 1 aliphatic heterocycles. The fourth-order valence-electron chi connectivity index (χ4n) is 2.98. The summed E-state index contributed by atoms with van der Waals surface area (Å²) in [4.78, 5) is 17.0. The number of nitriles is 1. The van der Waals surface area contributed by atoms with Gasteiger partial charge in [0.15, 0.2) is 0 Å². The predicted molar refractivity (Wildman–Crippen MR) is 102 cm³/mol. The molecule has 0 amide bonds. The van der Waals surface area contributed by atoms with Crippen molar-refractivity contribution < 1.29 is 9.84 Å². The first-order valence-electron chi connectivity index (χ1n) is 8.29. The van der Waals surface area contributed by atoms with Gasteiger partial charge in [0.25, 0.3) is 5.56 Å². The number of nitrogens with zero attached hydrogens (tertiary/aromatic N) is 3. The molecule has 1 saturated heterocycles. The minimum absolute atomic E-state index is 0.00868. The Hall–Kier alpha value is -2.43. The SMILES string of the molecule is Cc1c(C=Nc2ccccc2Br)c(O)n(C[C@H]2CCCO2)c(=O)c1C#N. The third-order valence-electron chi connectivity index (χ3n) is 4.44. The van der Waals surface area contributed by atoms with Gasteiger partial charge >= 0.3 is 0 Å². The van der Waals surface area contributed by atoms with Crippen LogP contribution in [0.5, 0.6) is 5.88 Å². The van der Waals surface area contributed by atoms with Crippen molar-refractivity contribution in [3.8, 4) is 11.9 Å². The van der Waals surface area contributed by atoms with E-state index in [1.807, 2.05) is 30.3 Å². The fraction of sp³-hybridized carbons (Fsp3) is 0.316. The summed E-state index contributed by atoms with van der Waals surface area (Å²) in [6.45, 7) is 2.50. The minimum Gasteiger partial charge on any atom is -0.494 e. The number of rotatable bonds is 4. The zero-order valence-corrected chi connectivity index (χ0v) is 15.9. The number of hydrogen-bond donors (Lipinski definition) is 1. The van der Waals surface area contributed by atoms with Crippen LogP contribution >= 0.6 is 15.9 Å². The first-order chi connectivity index (χ1) is 12.5. The zero-order chi connectivity index (χ0) is 18.7. The van der Waals surface area contributed by atoms with E-state index in [1.165, 1.54) is 10.8 Å². The molecule has 1 fully saturated rings. The lowest BCUT2D eigenvalue weighted by molar-refractivity contribution is 0.0938. The Kier molecular flexibility index (Phi) is 5.55. The number of pyridine rings is 1. The van der Waals surface area contributed by atoms with Crippen LogP contribution in [0.1, 0.15) is 29.5 Å². The van der Waals surface area contributed by atoms with Gasteiger partial charge in [-0.25, -0.2) is 0 Å². The summed E-state index contributed by atoms with van der Waals surface area (Å²) in [5.74, 6) is -0.196. The van der Waals surface area contributed by atoms with Crippen LogP contribution in [-0.4, -0.2) is 28.6 Å². The van der Waals surface area contributed by atoms with E-state index in [0.717, 1.165) is 17.3 Å². The van der Waals surface area contributed by atoms with E-state index in [2.05, 4.69) is 20.9 Å². The van der Waals surface area contributed by atoms with E-state index in [1.54, 1.807) is 6.92 Å². The Bertz CT molecular complexity index is 954. The predicted octanol–water partition coefficient (Wildman–Crippen LogP) is 3.43. The minimum atomic E-state index is -0.504. The molecule has 2 heterocycles. The summed E-state index contributed by atoms with van der Waals surface area (Å²) >= 11 is 3.42.